The molecule has 2 atom stereocenters. The molecule has 5 heteroatoms. The molecule has 2 aliphatic heterocycles. The highest BCUT2D eigenvalue weighted by molar-refractivity contribution is 5.73. The molecule has 0 bridgehead atoms. The van der Waals surface area contributed by atoms with E-state index in [4.69, 9.17) is 0 Å². The van der Waals surface area contributed by atoms with Gasteiger partial charge in [0.05, 0.1) is 0 Å². The van der Waals surface area contributed by atoms with Crippen molar-refractivity contribution in [3.63, 3.8) is 0 Å². The first kappa shape index (κ1) is 19.1. The lowest BCUT2D eigenvalue weighted by Gasteiger charge is -2.39. The number of carbonyl (C=O) groups is 1. The van der Waals surface area contributed by atoms with Crippen LogP contribution >= 0.6 is 0 Å². The number of aldehydes is 1. The first-order chi connectivity index (χ1) is 13.7. The zero-order chi connectivity index (χ0) is 19.5. The molecule has 3 nitrogen and oxygen atoms in total. The summed E-state index contributed by atoms with van der Waals surface area (Å²) in [4.78, 5) is 15.2. The molecule has 0 amide bonds. The number of fused-ring (bicyclic) bond motifs is 3. The second kappa shape index (κ2) is 8.39. The Balaban J connectivity index is 1.53. The molecular formula is C23H26F2N2O. The highest BCUT2D eigenvalue weighted by Gasteiger charge is 2.42. The lowest BCUT2D eigenvalue weighted by Crippen LogP contribution is -2.45. The van der Waals surface area contributed by atoms with Crippen molar-refractivity contribution in [2.75, 3.05) is 24.5 Å². The Bertz CT molecular complexity index is 824. The molecule has 148 valence electrons. The normalized spacial score (nSPS) is 21.4. The number of piperidine rings is 1. The van der Waals surface area contributed by atoms with E-state index in [1.54, 1.807) is 6.07 Å². The zero-order valence-electron chi connectivity index (χ0n) is 16.0. The SMILES string of the molecule is O=CCCCCCN1CCC2C(C1)c1cc(F)ccc1N2c1ccc(F)cc1. The number of anilines is 2. The number of benzene rings is 2. The van der Waals surface area contributed by atoms with Gasteiger partial charge in [0.15, 0.2) is 0 Å². The van der Waals surface area contributed by atoms with Gasteiger partial charge >= 0.3 is 0 Å². The van der Waals surface area contributed by atoms with Crippen molar-refractivity contribution in [2.24, 2.45) is 0 Å². The number of likely N-dealkylation sites (tertiary alicyclic amines) is 1. The van der Waals surface area contributed by atoms with E-state index in [0.717, 1.165) is 68.5 Å². The molecular weight excluding hydrogens is 358 g/mol. The van der Waals surface area contributed by atoms with Crippen LogP contribution in [0, 0.1) is 11.6 Å². The van der Waals surface area contributed by atoms with Crippen molar-refractivity contribution >= 4 is 17.7 Å². The molecule has 2 aromatic carbocycles. The van der Waals surface area contributed by atoms with E-state index in [0.29, 0.717) is 6.42 Å². The van der Waals surface area contributed by atoms with Crippen molar-refractivity contribution in [1.82, 2.24) is 4.90 Å². The van der Waals surface area contributed by atoms with Crippen LogP contribution in [0.5, 0.6) is 0 Å². The van der Waals surface area contributed by atoms with Gasteiger partial charge in [-0.1, -0.05) is 6.42 Å². The summed E-state index contributed by atoms with van der Waals surface area (Å²) in [5.74, 6) is -0.202. The van der Waals surface area contributed by atoms with Crippen LogP contribution in [0.2, 0.25) is 0 Å². The number of hydrogen-bond acceptors (Lipinski definition) is 3. The molecule has 0 radical (unpaired) electrons. The van der Waals surface area contributed by atoms with E-state index in [2.05, 4.69) is 9.80 Å². The first-order valence-electron chi connectivity index (χ1n) is 10.2. The average molecular weight is 384 g/mol. The number of halogens is 2. The van der Waals surface area contributed by atoms with Crippen LogP contribution in [0.15, 0.2) is 42.5 Å². The molecule has 0 aromatic heterocycles. The van der Waals surface area contributed by atoms with Gasteiger partial charge < -0.3 is 14.6 Å². The Morgan fingerprint density at radius 2 is 1.79 bits per heavy atom. The van der Waals surface area contributed by atoms with Crippen LogP contribution in [0.25, 0.3) is 0 Å². The summed E-state index contributed by atoms with van der Waals surface area (Å²) in [5.41, 5.74) is 3.06. The predicted octanol–water partition coefficient (Wildman–Crippen LogP) is 5.03. The summed E-state index contributed by atoms with van der Waals surface area (Å²) >= 11 is 0. The fourth-order valence-corrected chi connectivity index (χ4v) is 4.72. The van der Waals surface area contributed by atoms with Gasteiger partial charge in [-0.25, -0.2) is 8.78 Å². The molecule has 0 spiro atoms. The minimum absolute atomic E-state index is 0.204. The molecule has 1 fully saturated rings. The fraction of sp³-hybridized carbons (Fsp3) is 0.435. The van der Waals surface area contributed by atoms with E-state index in [1.807, 2.05) is 18.2 Å². The monoisotopic (exact) mass is 384 g/mol. The Kier molecular flexibility index (Phi) is 5.72. The van der Waals surface area contributed by atoms with Gasteiger partial charge in [0.1, 0.15) is 17.9 Å². The summed E-state index contributed by atoms with van der Waals surface area (Å²) in [7, 11) is 0. The largest absolute Gasteiger partial charge is 0.337 e. The molecule has 28 heavy (non-hydrogen) atoms. The maximum Gasteiger partial charge on any atom is 0.123 e. The van der Waals surface area contributed by atoms with Crippen LogP contribution < -0.4 is 4.90 Å². The predicted molar refractivity (Wildman–Crippen MR) is 107 cm³/mol. The maximum absolute atomic E-state index is 14.0. The van der Waals surface area contributed by atoms with E-state index in [1.165, 1.54) is 18.2 Å². The van der Waals surface area contributed by atoms with Gasteiger partial charge in [0.2, 0.25) is 0 Å². The number of hydrogen-bond donors (Lipinski definition) is 0. The molecule has 2 aliphatic rings. The van der Waals surface area contributed by atoms with Crippen LogP contribution in [0.3, 0.4) is 0 Å². The third kappa shape index (κ3) is 3.81. The van der Waals surface area contributed by atoms with E-state index < -0.39 is 0 Å². The van der Waals surface area contributed by atoms with Gasteiger partial charge in [-0.3, -0.25) is 0 Å². The average Bonchev–Trinajstić information content (AvgIpc) is 3.01. The summed E-state index contributed by atoms with van der Waals surface area (Å²) in [6.45, 7) is 2.93. The van der Waals surface area contributed by atoms with Crippen LogP contribution in [0.4, 0.5) is 20.2 Å². The molecule has 2 unspecified atom stereocenters. The molecule has 0 N–H and O–H groups in total. The van der Waals surface area contributed by atoms with Crippen molar-refractivity contribution in [3.8, 4) is 0 Å². The lowest BCUT2D eigenvalue weighted by atomic mass is 9.88. The van der Waals surface area contributed by atoms with Crippen LogP contribution in [-0.2, 0) is 4.79 Å². The van der Waals surface area contributed by atoms with Gasteiger partial charge in [0, 0.05) is 42.8 Å². The summed E-state index contributed by atoms with van der Waals surface area (Å²) in [6.07, 6.45) is 5.73. The smallest absolute Gasteiger partial charge is 0.123 e. The minimum atomic E-state index is -0.247. The Morgan fingerprint density at radius 3 is 2.57 bits per heavy atom. The molecule has 0 aliphatic carbocycles. The quantitative estimate of drug-likeness (QED) is 0.494. The van der Waals surface area contributed by atoms with E-state index >= 15 is 0 Å². The Labute approximate surface area is 165 Å². The number of unbranched alkanes of at least 4 members (excludes halogenated alkanes) is 3. The first-order valence-corrected chi connectivity index (χ1v) is 10.2. The molecule has 2 aromatic rings. The molecule has 1 saturated heterocycles. The van der Waals surface area contributed by atoms with Gasteiger partial charge in [0.25, 0.3) is 0 Å². The van der Waals surface area contributed by atoms with Gasteiger partial charge in [-0.15, -0.1) is 0 Å². The van der Waals surface area contributed by atoms with E-state index in [-0.39, 0.29) is 23.6 Å². The maximum atomic E-state index is 14.0. The van der Waals surface area contributed by atoms with Gasteiger partial charge in [-0.2, -0.15) is 0 Å². The van der Waals surface area contributed by atoms with Crippen LogP contribution in [-0.4, -0.2) is 36.9 Å². The van der Waals surface area contributed by atoms with Crippen molar-refractivity contribution in [2.45, 2.75) is 44.1 Å². The summed E-state index contributed by atoms with van der Waals surface area (Å²) in [6, 6.07) is 11.9. The summed E-state index contributed by atoms with van der Waals surface area (Å²) in [5, 5.41) is 0. The Morgan fingerprint density at radius 1 is 1.00 bits per heavy atom. The highest BCUT2D eigenvalue weighted by Crippen LogP contribution is 2.48. The number of rotatable bonds is 7. The Hall–Kier alpha value is -2.27. The third-order valence-corrected chi connectivity index (χ3v) is 6.04. The second-order valence-corrected chi connectivity index (χ2v) is 7.83. The highest BCUT2D eigenvalue weighted by atomic mass is 19.1. The zero-order valence-corrected chi connectivity index (χ0v) is 16.0. The van der Waals surface area contributed by atoms with Crippen molar-refractivity contribution < 1.29 is 13.6 Å². The summed E-state index contributed by atoms with van der Waals surface area (Å²) < 4.78 is 27.4. The standard InChI is InChI=1S/C23H26F2N2O/c24-17-5-8-19(9-6-17)27-22-10-7-18(25)15-20(22)21-16-26(13-11-23(21)27)12-3-1-2-4-14-28/h5-10,14-15,21,23H,1-4,11-13,16H2. The van der Waals surface area contributed by atoms with Gasteiger partial charge in [-0.05, 0) is 73.8 Å². The molecule has 0 saturated carbocycles. The van der Waals surface area contributed by atoms with E-state index in [9.17, 15) is 13.6 Å². The number of nitrogens with zero attached hydrogens (tertiary/aromatic N) is 2. The van der Waals surface area contributed by atoms with Crippen molar-refractivity contribution in [1.29, 1.82) is 0 Å². The topological polar surface area (TPSA) is 23.6 Å². The fourth-order valence-electron chi connectivity index (χ4n) is 4.72. The molecule has 2 heterocycles. The minimum Gasteiger partial charge on any atom is -0.337 e. The third-order valence-electron chi connectivity index (χ3n) is 6.04. The van der Waals surface area contributed by atoms with Crippen LogP contribution in [0.1, 0.15) is 43.6 Å². The lowest BCUT2D eigenvalue weighted by molar-refractivity contribution is -0.107. The number of carbonyl (C=O) groups excluding carboxylic acids is 1. The van der Waals surface area contributed by atoms with Crippen molar-refractivity contribution in [3.05, 3.63) is 59.7 Å². The second-order valence-electron chi connectivity index (χ2n) is 7.83. The molecule has 4 rings (SSSR count).